The Labute approximate surface area is 138 Å². The average Bonchev–Trinajstić information content (AvgIpc) is 2.80. The van der Waals surface area contributed by atoms with Crippen LogP contribution in [0.4, 0.5) is 9.18 Å². The molecule has 118 valence electrons. The number of hydrogen-bond acceptors (Lipinski definition) is 4. The fourth-order valence-corrected chi connectivity index (χ4v) is 5.93. The van der Waals surface area contributed by atoms with E-state index in [1.165, 1.54) is 18.2 Å². The second-order valence-corrected chi connectivity index (χ2v) is 8.43. The molecule has 1 aromatic carbocycles. The first-order chi connectivity index (χ1) is 10.3. The molecule has 0 radical (unpaired) electrons. The Balaban J connectivity index is 2.28. The van der Waals surface area contributed by atoms with Gasteiger partial charge in [-0.3, -0.25) is 0 Å². The van der Waals surface area contributed by atoms with E-state index in [1.54, 1.807) is 6.07 Å². The molecule has 22 heavy (non-hydrogen) atoms. The second-order valence-electron chi connectivity index (χ2n) is 4.29. The quantitative estimate of drug-likeness (QED) is 0.796. The fourth-order valence-electron chi connectivity index (χ4n) is 1.74. The highest BCUT2D eigenvalue weighted by atomic mass is 79.9. The minimum Gasteiger partial charge on any atom is -0.465 e. The van der Waals surface area contributed by atoms with Gasteiger partial charge in [-0.15, -0.1) is 11.3 Å². The predicted molar refractivity (Wildman–Crippen MR) is 83.6 cm³/mol. The molecule has 2 rings (SSSR count). The Morgan fingerprint density at radius 2 is 2.09 bits per heavy atom. The third kappa shape index (κ3) is 3.84. The van der Waals surface area contributed by atoms with Gasteiger partial charge < -0.3 is 10.4 Å². The molecule has 0 aliphatic heterocycles. The van der Waals surface area contributed by atoms with E-state index in [9.17, 15) is 17.6 Å². The summed E-state index contributed by atoms with van der Waals surface area (Å²) in [4.78, 5) is 11.0. The van der Waals surface area contributed by atoms with Gasteiger partial charge >= 0.3 is 6.09 Å². The van der Waals surface area contributed by atoms with Crippen molar-refractivity contribution in [3.8, 4) is 0 Å². The molecule has 0 bridgehead atoms. The molecular formula is C13H11BrFNO4S2. The summed E-state index contributed by atoms with van der Waals surface area (Å²) >= 11 is 4.22. The molecule has 0 saturated carbocycles. The Morgan fingerprint density at radius 1 is 1.36 bits per heavy atom. The molecule has 9 heteroatoms. The Kier molecular flexibility index (Phi) is 5.20. The molecule has 2 aromatic rings. The van der Waals surface area contributed by atoms with Crippen LogP contribution in [0.15, 0.2) is 43.9 Å². The number of sulfone groups is 1. The number of rotatable bonds is 5. The van der Waals surface area contributed by atoms with Crippen LogP contribution in [0.25, 0.3) is 0 Å². The van der Waals surface area contributed by atoms with Gasteiger partial charge in [-0.2, -0.15) is 0 Å². The number of nitrogens with one attached hydrogen (secondary N) is 1. The monoisotopic (exact) mass is 407 g/mol. The SMILES string of the molecule is O=C(O)NCCc1cc(Br)c(S(=O)(=O)c2cccc(F)c2)s1. The first-order valence-electron chi connectivity index (χ1n) is 6.06. The van der Waals surface area contributed by atoms with Gasteiger partial charge in [-0.25, -0.2) is 17.6 Å². The highest BCUT2D eigenvalue weighted by Gasteiger charge is 2.24. The number of amides is 1. The Hall–Kier alpha value is -1.45. The van der Waals surface area contributed by atoms with Gasteiger partial charge in [0.2, 0.25) is 9.84 Å². The molecule has 1 heterocycles. The summed E-state index contributed by atoms with van der Waals surface area (Å²) in [7, 11) is -3.82. The third-order valence-electron chi connectivity index (χ3n) is 2.70. The maximum Gasteiger partial charge on any atom is 0.404 e. The van der Waals surface area contributed by atoms with Crippen LogP contribution in [0, 0.1) is 5.82 Å². The normalized spacial score (nSPS) is 11.4. The minimum absolute atomic E-state index is 0.0726. The highest BCUT2D eigenvalue weighted by molar-refractivity contribution is 9.10. The van der Waals surface area contributed by atoms with Crippen molar-refractivity contribution in [1.29, 1.82) is 0 Å². The molecule has 1 amide bonds. The lowest BCUT2D eigenvalue weighted by molar-refractivity contribution is 0.194. The van der Waals surface area contributed by atoms with Crippen LogP contribution in [0.3, 0.4) is 0 Å². The zero-order valence-corrected chi connectivity index (χ0v) is 14.3. The van der Waals surface area contributed by atoms with Gasteiger partial charge in [0, 0.05) is 15.9 Å². The average molecular weight is 408 g/mol. The lowest BCUT2D eigenvalue weighted by Gasteiger charge is -2.02. The van der Waals surface area contributed by atoms with E-state index in [1.807, 2.05) is 0 Å². The van der Waals surface area contributed by atoms with Crippen molar-refractivity contribution in [3.63, 3.8) is 0 Å². The van der Waals surface area contributed by atoms with Gasteiger partial charge in [-0.05, 0) is 46.6 Å². The van der Waals surface area contributed by atoms with Crippen LogP contribution >= 0.6 is 27.3 Å². The maximum atomic E-state index is 13.2. The van der Waals surface area contributed by atoms with E-state index < -0.39 is 21.7 Å². The summed E-state index contributed by atoms with van der Waals surface area (Å²) in [5, 5.41) is 10.7. The molecule has 0 spiro atoms. The number of halogens is 2. The predicted octanol–water partition coefficient (Wildman–Crippen LogP) is 3.29. The Morgan fingerprint density at radius 3 is 2.73 bits per heavy atom. The molecule has 0 aliphatic carbocycles. The minimum atomic E-state index is -3.82. The molecule has 0 aliphatic rings. The van der Waals surface area contributed by atoms with Gasteiger partial charge in [0.25, 0.3) is 0 Å². The molecule has 5 nitrogen and oxygen atoms in total. The molecule has 0 fully saturated rings. The molecule has 0 saturated heterocycles. The van der Waals surface area contributed by atoms with E-state index >= 15 is 0 Å². The summed E-state index contributed by atoms with van der Waals surface area (Å²) in [6.07, 6.45) is -0.767. The number of carboxylic acid groups (broad SMARTS) is 1. The van der Waals surface area contributed by atoms with Gasteiger partial charge in [-0.1, -0.05) is 6.07 Å². The first-order valence-corrected chi connectivity index (χ1v) is 9.15. The van der Waals surface area contributed by atoms with E-state index in [0.717, 1.165) is 17.4 Å². The summed E-state index contributed by atoms with van der Waals surface area (Å²) in [6, 6.07) is 6.43. The van der Waals surface area contributed by atoms with Gasteiger partial charge in [0.05, 0.1) is 4.90 Å². The van der Waals surface area contributed by atoms with E-state index in [-0.39, 0.29) is 15.6 Å². The van der Waals surface area contributed by atoms with Crippen LogP contribution in [0.5, 0.6) is 0 Å². The van der Waals surface area contributed by atoms with Crippen LogP contribution in [0.1, 0.15) is 4.88 Å². The van der Waals surface area contributed by atoms with Crippen molar-refractivity contribution in [2.75, 3.05) is 6.54 Å². The fraction of sp³-hybridized carbons (Fsp3) is 0.154. The van der Waals surface area contributed by atoms with Crippen molar-refractivity contribution in [3.05, 3.63) is 45.5 Å². The number of hydrogen-bond donors (Lipinski definition) is 2. The molecule has 0 unspecified atom stereocenters. The van der Waals surface area contributed by atoms with Crippen LogP contribution in [0.2, 0.25) is 0 Å². The van der Waals surface area contributed by atoms with Crippen molar-refractivity contribution >= 4 is 43.2 Å². The van der Waals surface area contributed by atoms with E-state index in [0.29, 0.717) is 15.8 Å². The standard InChI is InChI=1S/C13H11BrFNO4S2/c14-11-7-9(4-5-16-13(17)18)21-12(11)22(19,20)10-3-1-2-8(15)6-10/h1-3,6-7,16H,4-5H2,(H,17,18). The Bertz CT molecular complexity index is 804. The second kappa shape index (κ2) is 6.76. The summed E-state index contributed by atoms with van der Waals surface area (Å²) in [5.74, 6) is -0.625. The van der Waals surface area contributed by atoms with Crippen molar-refractivity contribution in [1.82, 2.24) is 5.32 Å². The van der Waals surface area contributed by atoms with Crippen molar-refractivity contribution in [2.45, 2.75) is 15.5 Å². The number of thiophene rings is 1. The smallest absolute Gasteiger partial charge is 0.404 e. The van der Waals surface area contributed by atoms with Gasteiger partial charge in [0.1, 0.15) is 10.0 Å². The van der Waals surface area contributed by atoms with Gasteiger partial charge in [0.15, 0.2) is 0 Å². The maximum absolute atomic E-state index is 13.2. The summed E-state index contributed by atoms with van der Waals surface area (Å²) in [6.45, 7) is 0.182. The molecule has 0 atom stereocenters. The molecule has 1 aromatic heterocycles. The van der Waals surface area contributed by atoms with Crippen molar-refractivity contribution < 1.29 is 22.7 Å². The third-order valence-corrected chi connectivity index (χ3v) is 7.34. The zero-order chi connectivity index (χ0) is 16.3. The molecular weight excluding hydrogens is 397 g/mol. The van der Waals surface area contributed by atoms with Crippen LogP contribution in [-0.4, -0.2) is 26.2 Å². The van der Waals surface area contributed by atoms with E-state index in [4.69, 9.17) is 5.11 Å². The summed E-state index contributed by atoms with van der Waals surface area (Å²) < 4.78 is 38.7. The lowest BCUT2D eigenvalue weighted by Crippen LogP contribution is -2.22. The largest absolute Gasteiger partial charge is 0.465 e. The lowest BCUT2D eigenvalue weighted by atomic mass is 10.3. The highest BCUT2D eigenvalue weighted by Crippen LogP contribution is 2.35. The molecule has 2 N–H and O–H groups in total. The van der Waals surface area contributed by atoms with Crippen LogP contribution in [-0.2, 0) is 16.3 Å². The van der Waals surface area contributed by atoms with E-state index in [2.05, 4.69) is 21.2 Å². The first kappa shape index (κ1) is 16.9. The van der Waals surface area contributed by atoms with Crippen molar-refractivity contribution in [2.24, 2.45) is 0 Å². The topological polar surface area (TPSA) is 83.5 Å². The number of benzene rings is 1. The zero-order valence-electron chi connectivity index (χ0n) is 11.0. The number of carbonyl (C=O) groups is 1. The summed E-state index contributed by atoms with van der Waals surface area (Å²) in [5.41, 5.74) is 0. The van der Waals surface area contributed by atoms with Crippen LogP contribution < -0.4 is 5.32 Å².